The van der Waals surface area contributed by atoms with Crippen molar-refractivity contribution in [3.63, 3.8) is 0 Å². The third-order valence-corrected chi connectivity index (χ3v) is 1.62. The van der Waals surface area contributed by atoms with Gasteiger partial charge in [0.2, 0.25) is 0 Å². The van der Waals surface area contributed by atoms with Crippen LogP contribution in [0, 0.1) is 0 Å². The van der Waals surface area contributed by atoms with E-state index < -0.39 is 12.0 Å². The van der Waals surface area contributed by atoms with Crippen LogP contribution in [0.1, 0.15) is 5.56 Å². The molecule has 4 heteroatoms. The van der Waals surface area contributed by atoms with E-state index in [-0.39, 0.29) is 16.8 Å². The van der Waals surface area contributed by atoms with E-state index in [2.05, 4.69) is 0 Å². The van der Waals surface area contributed by atoms with Crippen molar-refractivity contribution in [1.82, 2.24) is 0 Å². The van der Waals surface area contributed by atoms with Gasteiger partial charge >= 0.3 is 5.97 Å². The van der Waals surface area contributed by atoms with Crippen LogP contribution >= 0.6 is 0 Å². The summed E-state index contributed by atoms with van der Waals surface area (Å²) < 4.78 is 0. The Labute approximate surface area is 87.1 Å². The first kappa shape index (κ1) is 12.2. The van der Waals surface area contributed by atoms with Gasteiger partial charge in [0.15, 0.2) is 0 Å². The summed E-state index contributed by atoms with van der Waals surface area (Å²) in [7, 11) is 0. The van der Waals surface area contributed by atoms with Crippen molar-refractivity contribution in [2.45, 2.75) is 12.5 Å². The maximum absolute atomic E-state index is 10.4. The number of carboxylic acids is 1. The molecule has 3 N–H and O–H groups in total. The molecule has 1 rings (SSSR count). The summed E-state index contributed by atoms with van der Waals surface area (Å²) in [6, 6.07) is 8.54. The Morgan fingerprint density at radius 3 is 2.38 bits per heavy atom. The number of hydrogen-bond acceptors (Lipinski definition) is 2. The maximum atomic E-state index is 10.4. The molecule has 0 aromatic heterocycles. The molecule has 1 radical (unpaired) electrons. The van der Waals surface area contributed by atoms with E-state index in [0.29, 0.717) is 6.42 Å². The van der Waals surface area contributed by atoms with Crippen molar-refractivity contribution >= 4 is 5.97 Å². The molecule has 3 nitrogen and oxygen atoms in total. The molecule has 0 bridgehead atoms. The smallest absolute Gasteiger partial charge is 0.320 e. The molecule has 1 atom stereocenters. The first-order valence-corrected chi connectivity index (χ1v) is 3.72. The second kappa shape index (κ2) is 5.74. The van der Waals surface area contributed by atoms with Gasteiger partial charge in [-0.1, -0.05) is 30.3 Å². The Morgan fingerprint density at radius 1 is 1.38 bits per heavy atom. The summed E-state index contributed by atoms with van der Waals surface area (Å²) in [6.45, 7) is 0. The van der Waals surface area contributed by atoms with Crippen LogP contribution in [0.25, 0.3) is 0 Å². The van der Waals surface area contributed by atoms with E-state index in [1.54, 1.807) is 0 Å². The molecule has 1 aromatic rings. The van der Waals surface area contributed by atoms with Crippen molar-refractivity contribution in [3.05, 3.63) is 35.9 Å². The standard InChI is InChI=1S/C9H11NO2.Co/c10-8(9(11)12)6-7-4-2-1-3-5-7;/h1-5,8H,6,10H2,(H,11,12);. The van der Waals surface area contributed by atoms with Crippen LogP contribution in [0.15, 0.2) is 30.3 Å². The van der Waals surface area contributed by atoms with E-state index >= 15 is 0 Å². The molecule has 0 saturated carbocycles. The van der Waals surface area contributed by atoms with E-state index in [9.17, 15) is 4.79 Å². The Morgan fingerprint density at radius 2 is 1.92 bits per heavy atom. The number of carbonyl (C=O) groups is 1. The minimum atomic E-state index is -0.959. The number of nitrogens with two attached hydrogens (primary N) is 1. The van der Waals surface area contributed by atoms with Crippen LogP contribution in [-0.4, -0.2) is 17.1 Å². The zero-order valence-corrected chi connectivity index (χ0v) is 7.98. The van der Waals surface area contributed by atoms with Gasteiger partial charge < -0.3 is 10.8 Å². The zero-order chi connectivity index (χ0) is 8.97. The average Bonchev–Trinajstić information content (AvgIpc) is 2.06. The number of hydrogen-bond donors (Lipinski definition) is 2. The van der Waals surface area contributed by atoms with E-state index in [4.69, 9.17) is 10.8 Å². The predicted molar refractivity (Wildman–Crippen MR) is 45.8 cm³/mol. The second-order valence-electron chi connectivity index (χ2n) is 2.63. The normalized spacial score (nSPS) is 11.5. The molecular weight excluding hydrogens is 213 g/mol. The van der Waals surface area contributed by atoms with Crippen LogP contribution in [0.4, 0.5) is 0 Å². The molecule has 0 aliphatic heterocycles. The van der Waals surface area contributed by atoms with Crippen molar-refractivity contribution < 1.29 is 26.7 Å². The van der Waals surface area contributed by atoms with Gasteiger partial charge in [-0.05, 0) is 12.0 Å². The van der Waals surface area contributed by atoms with Crippen LogP contribution in [0.2, 0.25) is 0 Å². The van der Waals surface area contributed by atoms with Crippen molar-refractivity contribution in [2.24, 2.45) is 5.73 Å². The number of rotatable bonds is 3. The summed E-state index contributed by atoms with van der Waals surface area (Å²) in [5.41, 5.74) is 6.30. The van der Waals surface area contributed by atoms with Gasteiger partial charge in [0, 0.05) is 16.8 Å². The molecule has 1 unspecified atom stereocenters. The summed E-state index contributed by atoms with van der Waals surface area (Å²) in [6.07, 6.45) is 0.385. The molecule has 0 fully saturated rings. The van der Waals surface area contributed by atoms with Gasteiger partial charge in [-0.15, -0.1) is 0 Å². The van der Waals surface area contributed by atoms with Crippen molar-refractivity contribution in [3.8, 4) is 0 Å². The summed E-state index contributed by atoms with van der Waals surface area (Å²) in [4.78, 5) is 10.4. The van der Waals surface area contributed by atoms with E-state index in [0.717, 1.165) is 5.56 Å². The number of benzene rings is 1. The third-order valence-electron chi connectivity index (χ3n) is 1.62. The predicted octanol–water partition coefficient (Wildman–Crippen LogP) is 0.639. The van der Waals surface area contributed by atoms with Gasteiger partial charge in [-0.2, -0.15) is 0 Å². The summed E-state index contributed by atoms with van der Waals surface area (Å²) >= 11 is 0. The fraction of sp³-hybridized carbons (Fsp3) is 0.222. The Kier molecular flexibility index (Phi) is 5.37. The van der Waals surface area contributed by atoms with Crippen LogP contribution in [-0.2, 0) is 28.0 Å². The minimum absolute atomic E-state index is 0. The molecule has 0 spiro atoms. The first-order chi connectivity index (χ1) is 5.70. The average molecular weight is 224 g/mol. The van der Waals surface area contributed by atoms with Gasteiger partial charge in [0.05, 0.1) is 0 Å². The number of aliphatic carboxylic acids is 1. The second-order valence-corrected chi connectivity index (χ2v) is 2.63. The molecule has 0 heterocycles. The zero-order valence-electron chi connectivity index (χ0n) is 6.94. The molecule has 13 heavy (non-hydrogen) atoms. The van der Waals surface area contributed by atoms with E-state index in [1.807, 2.05) is 30.3 Å². The third kappa shape index (κ3) is 4.07. The van der Waals surface area contributed by atoms with Crippen LogP contribution in [0.5, 0.6) is 0 Å². The van der Waals surface area contributed by atoms with Crippen molar-refractivity contribution in [2.75, 3.05) is 0 Å². The fourth-order valence-electron chi connectivity index (χ4n) is 0.955. The molecule has 0 aliphatic carbocycles. The molecule has 0 amide bonds. The monoisotopic (exact) mass is 224 g/mol. The summed E-state index contributed by atoms with van der Waals surface area (Å²) in [5, 5.41) is 8.52. The van der Waals surface area contributed by atoms with E-state index in [1.165, 1.54) is 0 Å². The fourth-order valence-corrected chi connectivity index (χ4v) is 0.955. The SMILES string of the molecule is NC(Cc1ccccc1)C(=O)O.[Co]. The largest absolute Gasteiger partial charge is 0.480 e. The Bertz CT molecular complexity index is 264. The molecule has 0 saturated heterocycles. The molecular formula is C9H11CoNO2. The quantitative estimate of drug-likeness (QED) is 0.791. The number of carboxylic acid groups (broad SMARTS) is 1. The molecule has 0 aliphatic rings. The Hall–Kier alpha value is -0.844. The van der Waals surface area contributed by atoms with Crippen molar-refractivity contribution in [1.29, 1.82) is 0 Å². The molecule has 73 valence electrons. The topological polar surface area (TPSA) is 63.3 Å². The van der Waals surface area contributed by atoms with Crippen LogP contribution < -0.4 is 5.73 Å². The van der Waals surface area contributed by atoms with Gasteiger partial charge in [0.25, 0.3) is 0 Å². The summed E-state index contributed by atoms with van der Waals surface area (Å²) in [5.74, 6) is -0.959. The molecule has 1 aromatic carbocycles. The van der Waals surface area contributed by atoms with Gasteiger partial charge in [0.1, 0.15) is 6.04 Å². The van der Waals surface area contributed by atoms with Crippen LogP contribution in [0.3, 0.4) is 0 Å². The van der Waals surface area contributed by atoms with Gasteiger partial charge in [-0.3, -0.25) is 4.79 Å². The first-order valence-electron chi connectivity index (χ1n) is 3.72. The maximum Gasteiger partial charge on any atom is 0.320 e. The minimum Gasteiger partial charge on any atom is -0.480 e. The van der Waals surface area contributed by atoms with Gasteiger partial charge in [-0.25, -0.2) is 0 Å². The Balaban J connectivity index is 0.00000144.